The molecule has 0 fully saturated rings. The van der Waals surface area contributed by atoms with Gasteiger partial charge in [-0.25, -0.2) is 0 Å². The van der Waals surface area contributed by atoms with E-state index in [9.17, 15) is 4.79 Å². The van der Waals surface area contributed by atoms with E-state index in [2.05, 4.69) is 10.1 Å². The summed E-state index contributed by atoms with van der Waals surface area (Å²) in [6, 6.07) is 12.8. The molecule has 2 aliphatic rings. The molecule has 1 N–H and O–H groups in total. The van der Waals surface area contributed by atoms with Gasteiger partial charge in [-0.2, -0.15) is 15.1 Å². The van der Waals surface area contributed by atoms with Crippen molar-refractivity contribution in [1.82, 2.24) is 5.01 Å². The number of hydrogen-bond acceptors (Lipinski definition) is 6. The average molecular weight is 469 g/mol. The molecule has 0 spiro atoms. The number of hydrogen-bond donors (Lipinski definition) is 1. The van der Waals surface area contributed by atoms with Crippen LogP contribution in [0.2, 0.25) is 5.02 Å². The van der Waals surface area contributed by atoms with E-state index in [0.29, 0.717) is 46.9 Å². The monoisotopic (exact) mass is 468 g/mol. The van der Waals surface area contributed by atoms with E-state index in [4.69, 9.17) is 26.5 Å². The predicted octanol–water partition coefficient (Wildman–Crippen LogP) is 5.35. The van der Waals surface area contributed by atoms with E-state index in [-0.39, 0.29) is 11.4 Å². The molecule has 1 amide bonds. The summed E-state index contributed by atoms with van der Waals surface area (Å²) in [6.07, 6.45) is 2.34. The SMILES string of the molecule is CCOc1cc(C=C2C(=N)N3N=C(CC)SC3=NC2=O)ccc1OCc1ccccc1Cl. The molecule has 2 aromatic rings. The lowest BCUT2D eigenvalue weighted by Crippen LogP contribution is -2.35. The highest BCUT2D eigenvalue weighted by atomic mass is 35.5. The summed E-state index contributed by atoms with van der Waals surface area (Å²) in [7, 11) is 0. The molecular formula is C23H21ClN4O3S. The van der Waals surface area contributed by atoms with E-state index in [1.54, 1.807) is 24.3 Å². The van der Waals surface area contributed by atoms with E-state index in [1.165, 1.54) is 16.8 Å². The van der Waals surface area contributed by atoms with Gasteiger partial charge in [-0.15, -0.1) is 0 Å². The van der Waals surface area contributed by atoms with Gasteiger partial charge >= 0.3 is 0 Å². The second-order valence-corrected chi connectivity index (χ2v) is 8.33. The minimum atomic E-state index is -0.460. The number of halogens is 1. The number of rotatable bonds is 7. The maximum absolute atomic E-state index is 12.6. The van der Waals surface area contributed by atoms with Crippen LogP contribution in [0.15, 0.2) is 58.1 Å². The number of thioether (sulfide) groups is 1. The largest absolute Gasteiger partial charge is 0.490 e. The Balaban J connectivity index is 1.59. The van der Waals surface area contributed by atoms with Crippen LogP contribution in [0.5, 0.6) is 11.5 Å². The van der Waals surface area contributed by atoms with Crippen LogP contribution in [0.1, 0.15) is 31.4 Å². The summed E-state index contributed by atoms with van der Waals surface area (Å²) < 4.78 is 11.7. The van der Waals surface area contributed by atoms with Crippen molar-refractivity contribution in [3.63, 3.8) is 0 Å². The molecule has 9 heteroatoms. The fourth-order valence-corrected chi connectivity index (χ4v) is 4.13. The molecule has 7 nitrogen and oxygen atoms in total. The number of ether oxygens (including phenoxy) is 2. The van der Waals surface area contributed by atoms with Gasteiger partial charge in [0.05, 0.1) is 12.2 Å². The number of amides is 1. The van der Waals surface area contributed by atoms with Gasteiger partial charge in [0, 0.05) is 10.6 Å². The summed E-state index contributed by atoms with van der Waals surface area (Å²) in [5.41, 5.74) is 1.73. The third-order valence-corrected chi connectivity index (χ3v) is 6.14. The first-order valence-electron chi connectivity index (χ1n) is 10.1. The number of amidine groups is 2. The molecule has 4 rings (SSSR count). The molecule has 2 aromatic carbocycles. The molecule has 0 saturated heterocycles. The molecule has 0 saturated carbocycles. The van der Waals surface area contributed by atoms with Gasteiger partial charge in [0.25, 0.3) is 5.91 Å². The first-order valence-corrected chi connectivity index (χ1v) is 11.3. The second kappa shape index (κ2) is 9.58. The first kappa shape index (κ1) is 22.1. The number of nitrogens with one attached hydrogen (secondary N) is 1. The highest BCUT2D eigenvalue weighted by Crippen LogP contribution is 2.33. The number of carbonyl (C=O) groups excluding carboxylic acids is 1. The van der Waals surface area contributed by atoms with Gasteiger partial charge in [-0.3, -0.25) is 10.2 Å². The third-order valence-electron chi connectivity index (χ3n) is 4.72. The zero-order valence-corrected chi connectivity index (χ0v) is 19.2. The molecule has 0 aromatic heterocycles. The van der Waals surface area contributed by atoms with Crippen LogP contribution in [0.3, 0.4) is 0 Å². The molecule has 0 bridgehead atoms. The fourth-order valence-electron chi connectivity index (χ4n) is 3.11. The molecule has 2 heterocycles. The lowest BCUT2D eigenvalue weighted by molar-refractivity contribution is -0.114. The van der Waals surface area contributed by atoms with Crippen molar-refractivity contribution in [2.75, 3.05) is 6.61 Å². The highest BCUT2D eigenvalue weighted by molar-refractivity contribution is 8.26. The summed E-state index contributed by atoms with van der Waals surface area (Å²) >= 11 is 7.53. The third kappa shape index (κ3) is 4.56. The Kier molecular flexibility index (Phi) is 6.62. The summed E-state index contributed by atoms with van der Waals surface area (Å²) in [6.45, 7) is 4.60. The van der Waals surface area contributed by atoms with E-state index < -0.39 is 5.91 Å². The average Bonchev–Trinajstić information content (AvgIpc) is 3.20. The number of nitrogens with zero attached hydrogens (tertiary/aromatic N) is 3. The summed E-state index contributed by atoms with van der Waals surface area (Å²) in [4.78, 5) is 16.7. The summed E-state index contributed by atoms with van der Waals surface area (Å²) in [5, 5.41) is 16.1. The van der Waals surface area contributed by atoms with Crippen LogP contribution >= 0.6 is 23.4 Å². The zero-order chi connectivity index (χ0) is 22.7. The molecular weight excluding hydrogens is 448 g/mol. The van der Waals surface area contributed by atoms with Crippen LogP contribution in [0.25, 0.3) is 6.08 Å². The van der Waals surface area contributed by atoms with Crippen molar-refractivity contribution in [3.8, 4) is 11.5 Å². The van der Waals surface area contributed by atoms with E-state index in [1.807, 2.05) is 38.1 Å². The Bertz CT molecular complexity index is 1180. The van der Waals surface area contributed by atoms with Gasteiger partial charge in [0.2, 0.25) is 5.17 Å². The van der Waals surface area contributed by atoms with Crippen molar-refractivity contribution in [3.05, 3.63) is 64.2 Å². The number of carbonyl (C=O) groups is 1. The number of aliphatic imine (C=N–C) groups is 1. The van der Waals surface area contributed by atoms with Crippen molar-refractivity contribution in [2.45, 2.75) is 26.9 Å². The molecule has 32 heavy (non-hydrogen) atoms. The fraction of sp³-hybridized carbons (Fsp3) is 0.217. The molecule has 2 aliphatic heterocycles. The maximum atomic E-state index is 12.6. The second-order valence-electron chi connectivity index (χ2n) is 6.89. The standard InChI is InChI=1S/C23H21ClN4O3S/c1-3-20-27-28-21(25)16(22(29)26-23(28)32-20)11-14-9-10-18(19(12-14)30-4-2)31-13-15-7-5-6-8-17(15)24/h5-12,25H,3-4,13H2,1-2H3. The first-order chi connectivity index (χ1) is 15.5. The van der Waals surface area contributed by atoms with Crippen LogP contribution in [-0.4, -0.2) is 33.6 Å². The van der Waals surface area contributed by atoms with Crippen LogP contribution in [0, 0.1) is 5.41 Å². The van der Waals surface area contributed by atoms with Crippen LogP contribution < -0.4 is 9.47 Å². The van der Waals surface area contributed by atoms with Gasteiger partial charge in [0.15, 0.2) is 17.3 Å². The maximum Gasteiger partial charge on any atom is 0.283 e. The van der Waals surface area contributed by atoms with E-state index in [0.717, 1.165) is 10.6 Å². The van der Waals surface area contributed by atoms with Gasteiger partial charge in [0.1, 0.15) is 11.7 Å². The molecule has 164 valence electrons. The smallest absolute Gasteiger partial charge is 0.283 e. The topological polar surface area (TPSA) is 87.3 Å². The lowest BCUT2D eigenvalue weighted by atomic mass is 10.1. The Morgan fingerprint density at radius 3 is 2.72 bits per heavy atom. The molecule has 0 unspecified atom stereocenters. The predicted molar refractivity (Wildman–Crippen MR) is 129 cm³/mol. The number of hydrazone groups is 1. The quantitative estimate of drug-likeness (QED) is 0.553. The zero-order valence-electron chi connectivity index (χ0n) is 17.6. The van der Waals surface area contributed by atoms with Crippen LogP contribution in [0.4, 0.5) is 0 Å². The minimum Gasteiger partial charge on any atom is -0.490 e. The minimum absolute atomic E-state index is 0.00737. The Hall–Kier alpha value is -3.10. The van der Waals surface area contributed by atoms with E-state index >= 15 is 0 Å². The Labute approximate surface area is 195 Å². The van der Waals surface area contributed by atoms with Crippen LogP contribution in [-0.2, 0) is 11.4 Å². The highest BCUT2D eigenvalue weighted by Gasteiger charge is 2.35. The Morgan fingerprint density at radius 1 is 1.16 bits per heavy atom. The molecule has 0 aliphatic carbocycles. The summed E-state index contributed by atoms with van der Waals surface area (Å²) in [5.74, 6) is 0.648. The van der Waals surface area contributed by atoms with Gasteiger partial charge < -0.3 is 9.47 Å². The van der Waals surface area contributed by atoms with Crippen molar-refractivity contribution < 1.29 is 14.3 Å². The van der Waals surface area contributed by atoms with Gasteiger partial charge in [-0.05, 0) is 54.9 Å². The molecule has 0 radical (unpaired) electrons. The van der Waals surface area contributed by atoms with Crippen molar-refractivity contribution >= 4 is 51.4 Å². The number of benzene rings is 2. The normalized spacial score (nSPS) is 16.7. The van der Waals surface area contributed by atoms with Gasteiger partial charge in [-0.1, -0.05) is 42.8 Å². The molecule has 0 atom stereocenters. The number of fused-ring (bicyclic) bond motifs is 1. The Morgan fingerprint density at radius 2 is 1.97 bits per heavy atom. The lowest BCUT2D eigenvalue weighted by Gasteiger charge is -2.20. The van der Waals surface area contributed by atoms with Crippen molar-refractivity contribution in [1.29, 1.82) is 5.41 Å². The van der Waals surface area contributed by atoms with Crippen molar-refractivity contribution in [2.24, 2.45) is 10.1 Å².